The van der Waals surface area contributed by atoms with Crippen LogP contribution in [0.5, 0.6) is 0 Å². The number of benzene rings is 1. The molecule has 3 aliphatic rings. The molecule has 4 rings (SSSR count). The lowest BCUT2D eigenvalue weighted by molar-refractivity contribution is -0.163. The summed E-state index contributed by atoms with van der Waals surface area (Å²) in [5.74, 6) is -0.909. The molecule has 1 amide bonds. The summed E-state index contributed by atoms with van der Waals surface area (Å²) in [7, 11) is -3.57. The number of esters is 1. The van der Waals surface area contributed by atoms with Crippen LogP contribution in [0.15, 0.2) is 23.1 Å². The van der Waals surface area contributed by atoms with Crippen molar-refractivity contribution in [3.63, 3.8) is 0 Å². The highest BCUT2D eigenvalue weighted by Gasteiger charge is 2.35. The van der Waals surface area contributed by atoms with Crippen molar-refractivity contribution in [2.45, 2.75) is 69.3 Å². The van der Waals surface area contributed by atoms with Gasteiger partial charge in [0.2, 0.25) is 10.0 Å². The Morgan fingerprint density at radius 3 is 2.29 bits per heavy atom. The van der Waals surface area contributed by atoms with Gasteiger partial charge in [0.05, 0.1) is 10.8 Å². The van der Waals surface area contributed by atoms with Gasteiger partial charge in [0, 0.05) is 26.2 Å². The molecule has 7 nitrogen and oxygen atoms in total. The zero-order valence-electron chi connectivity index (χ0n) is 18.2. The second kappa shape index (κ2) is 9.28. The van der Waals surface area contributed by atoms with E-state index in [4.69, 9.17) is 4.74 Å². The van der Waals surface area contributed by atoms with E-state index in [0.29, 0.717) is 17.7 Å². The van der Waals surface area contributed by atoms with Gasteiger partial charge < -0.3 is 9.64 Å². The van der Waals surface area contributed by atoms with E-state index in [1.54, 1.807) is 17.9 Å². The first-order valence-electron chi connectivity index (χ1n) is 11.5. The fraction of sp³-hybridized carbons (Fsp3) is 0.652. The molecular formula is C23H32N2O5S. The van der Waals surface area contributed by atoms with Gasteiger partial charge >= 0.3 is 5.97 Å². The zero-order chi connectivity index (χ0) is 22.0. The van der Waals surface area contributed by atoms with Gasteiger partial charge in [0.25, 0.3) is 5.91 Å². The summed E-state index contributed by atoms with van der Waals surface area (Å²) in [5, 5.41) is 0. The van der Waals surface area contributed by atoms with E-state index in [0.717, 1.165) is 57.2 Å². The van der Waals surface area contributed by atoms with Crippen LogP contribution in [0.3, 0.4) is 0 Å². The molecule has 2 saturated heterocycles. The number of fused-ring (bicyclic) bond motifs is 1. The first kappa shape index (κ1) is 22.3. The third kappa shape index (κ3) is 4.80. The number of carbonyl (C=O) groups excluding carboxylic acids is 2. The van der Waals surface area contributed by atoms with Crippen molar-refractivity contribution in [2.24, 2.45) is 5.92 Å². The number of sulfonamides is 1. The number of amides is 1. The second-order valence-electron chi connectivity index (χ2n) is 8.93. The minimum absolute atomic E-state index is 0.140. The summed E-state index contributed by atoms with van der Waals surface area (Å²) in [6.45, 7) is 3.63. The zero-order valence-corrected chi connectivity index (χ0v) is 19.0. The van der Waals surface area contributed by atoms with E-state index in [2.05, 4.69) is 0 Å². The fourth-order valence-electron chi connectivity index (χ4n) is 4.87. The van der Waals surface area contributed by atoms with Crippen molar-refractivity contribution in [3.8, 4) is 0 Å². The molecule has 1 atom stereocenters. The quantitative estimate of drug-likeness (QED) is 0.647. The van der Waals surface area contributed by atoms with Crippen LogP contribution >= 0.6 is 0 Å². The molecule has 8 heteroatoms. The Kier molecular flexibility index (Phi) is 6.67. The second-order valence-corrected chi connectivity index (χ2v) is 10.9. The average molecular weight is 449 g/mol. The highest BCUT2D eigenvalue weighted by Crippen LogP contribution is 2.28. The fourth-order valence-corrected chi connectivity index (χ4v) is 6.39. The molecule has 1 aromatic carbocycles. The van der Waals surface area contributed by atoms with Crippen molar-refractivity contribution in [1.29, 1.82) is 0 Å². The Labute approximate surface area is 184 Å². The molecule has 0 radical (unpaired) electrons. The molecule has 0 N–H and O–H groups in total. The number of likely N-dealkylation sites (tertiary alicyclic amines) is 1. The number of hydrogen-bond acceptors (Lipinski definition) is 5. The van der Waals surface area contributed by atoms with Gasteiger partial charge in [-0.1, -0.05) is 6.07 Å². The molecule has 0 saturated carbocycles. The maximum atomic E-state index is 13.1. The molecule has 0 spiro atoms. The lowest BCUT2D eigenvalue weighted by Gasteiger charge is -2.31. The van der Waals surface area contributed by atoms with Crippen molar-refractivity contribution >= 4 is 21.9 Å². The average Bonchev–Trinajstić information content (AvgIpc) is 3.33. The summed E-state index contributed by atoms with van der Waals surface area (Å²) in [6, 6.07) is 5.49. The summed E-state index contributed by atoms with van der Waals surface area (Å²) < 4.78 is 33.2. The summed E-state index contributed by atoms with van der Waals surface area (Å²) in [5.41, 5.74) is 2.40. The smallest absolute Gasteiger partial charge is 0.309 e. The molecule has 31 heavy (non-hydrogen) atoms. The highest BCUT2D eigenvalue weighted by atomic mass is 32.2. The molecule has 2 fully saturated rings. The first-order valence-corrected chi connectivity index (χ1v) is 12.9. The van der Waals surface area contributed by atoms with Crippen molar-refractivity contribution < 1.29 is 22.7 Å². The topological polar surface area (TPSA) is 84.0 Å². The van der Waals surface area contributed by atoms with Crippen LogP contribution in [0.2, 0.25) is 0 Å². The Bertz CT molecular complexity index is 931. The standard InChI is InChI=1S/C23H32N2O5S/c1-17(22(26)24-12-4-5-13-24)30-23(27)19-10-14-25(15-11-19)31(28,29)21-9-8-18-6-2-3-7-20(18)16-21/h8-9,16-17,19H,2-7,10-15H2,1H3/t17-/m1/s1. The Morgan fingerprint density at radius 1 is 0.968 bits per heavy atom. The highest BCUT2D eigenvalue weighted by molar-refractivity contribution is 7.89. The van der Waals surface area contributed by atoms with Crippen LogP contribution < -0.4 is 0 Å². The maximum Gasteiger partial charge on any atom is 0.309 e. The van der Waals surface area contributed by atoms with E-state index in [9.17, 15) is 18.0 Å². The molecule has 0 unspecified atom stereocenters. The van der Waals surface area contributed by atoms with E-state index in [-0.39, 0.29) is 24.9 Å². The number of carbonyl (C=O) groups is 2. The minimum Gasteiger partial charge on any atom is -0.452 e. The molecule has 1 aromatic rings. The number of piperidine rings is 1. The van der Waals surface area contributed by atoms with E-state index < -0.39 is 22.1 Å². The predicted octanol–water partition coefficient (Wildman–Crippen LogP) is 2.52. The van der Waals surface area contributed by atoms with Gasteiger partial charge in [-0.2, -0.15) is 4.31 Å². The van der Waals surface area contributed by atoms with Crippen molar-refractivity contribution in [2.75, 3.05) is 26.2 Å². The van der Waals surface area contributed by atoms with Crippen LogP contribution in [0.4, 0.5) is 0 Å². The van der Waals surface area contributed by atoms with Crippen LogP contribution in [0, 0.1) is 5.92 Å². The lowest BCUT2D eigenvalue weighted by atomic mass is 9.92. The molecule has 170 valence electrons. The Morgan fingerprint density at radius 2 is 1.61 bits per heavy atom. The Hall–Kier alpha value is -1.93. The molecule has 1 aliphatic carbocycles. The largest absolute Gasteiger partial charge is 0.452 e. The number of hydrogen-bond donors (Lipinski definition) is 0. The number of aryl methyl sites for hydroxylation is 2. The molecule has 2 aliphatic heterocycles. The molecular weight excluding hydrogens is 416 g/mol. The summed E-state index contributed by atoms with van der Waals surface area (Å²) in [4.78, 5) is 27.0. The maximum absolute atomic E-state index is 13.1. The molecule has 0 bridgehead atoms. The van der Waals surface area contributed by atoms with Gasteiger partial charge in [-0.25, -0.2) is 8.42 Å². The number of nitrogens with zero attached hydrogens (tertiary/aromatic N) is 2. The summed E-state index contributed by atoms with van der Waals surface area (Å²) >= 11 is 0. The minimum atomic E-state index is -3.57. The Balaban J connectivity index is 1.33. The van der Waals surface area contributed by atoms with Gasteiger partial charge in [-0.05, 0) is 81.5 Å². The molecule has 0 aromatic heterocycles. The van der Waals surface area contributed by atoms with Crippen molar-refractivity contribution in [3.05, 3.63) is 29.3 Å². The van der Waals surface area contributed by atoms with Gasteiger partial charge in [-0.15, -0.1) is 0 Å². The number of ether oxygens (including phenoxy) is 1. The van der Waals surface area contributed by atoms with Crippen molar-refractivity contribution in [1.82, 2.24) is 9.21 Å². The van der Waals surface area contributed by atoms with Gasteiger partial charge in [0.1, 0.15) is 0 Å². The third-order valence-corrected chi connectivity index (χ3v) is 8.70. The normalized spacial score (nSPS) is 21.5. The first-order chi connectivity index (χ1) is 14.9. The third-order valence-electron chi connectivity index (χ3n) is 6.80. The van der Waals surface area contributed by atoms with E-state index in [1.165, 1.54) is 9.87 Å². The molecule has 2 heterocycles. The SMILES string of the molecule is C[C@@H](OC(=O)C1CCN(S(=O)(=O)c2ccc3c(c2)CCCC3)CC1)C(=O)N1CCCC1. The van der Waals surface area contributed by atoms with E-state index >= 15 is 0 Å². The van der Waals surface area contributed by atoms with Gasteiger partial charge in [-0.3, -0.25) is 9.59 Å². The summed E-state index contributed by atoms with van der Waals surface area (Å²) in [6.07, 6.45) is 6.22. The van der Waals surface area contributed by atoms with Crippen LogP contribution in [-0.2, 0) is 37.2 Å². The monoisotopic (exact) mass is 448 g/mol. The van der Waals surface area contributed by atoms with Gasteiger partial charge in [0.15, 0.2) is 6.10 Å². The van der Waals surface area contributed by atoms with Crippen LogP contribution in [0.25, 0.3) is 0 Å². The van der Waals surface area contributed by atoms with E-state index in [1.807, 2.05) is 12.1 Å². The van der Waals surface area contributed by atoms with Crippen LogP contribution in [-0.4, -0.2) is 61.8 Å². The predicted molar refractivity (Wildman–Crippen MR) is 116 cm³/mol. The lowest BCUT2D eigenvalue weighted by Crippen LogP contribution is -2.43. The van der Waals surface area contributed by atoms with Crippen LogP contribution in [0.1, 0.15) is 56.6 Å². The number of rotatable bonds is 5.